The zero-order valence-electron chi connectivity index (χ0n) is 13.1. The molecule has 2 aromatic rings. The number of Topliss-reactive ketones (excluding diaryl/α,β-unsaturated/α-hetero) is 1. The molecule has 2 N–H and O–H groups in total. The van der Waals surface area contributed by atoms with Crippen LogP contribution in [0.5, 0.6) is 0 Å². The molecule has 2 heterocycles. The first-order chi connectivity index (χ1) is 11.1. The Morgan fingerprint density at radius 2 is 2.09 bits per heavy atom. The highest BCUT2D eigenvalue weighted by Gasteiger charge is 2.23. The second kappa shape index (κ2) is 6.81. The molecule has 2 aromatic heterocycles. The number of aliphatic hydroxyl groups excluding tert-OH is 1. The lowest BCUT2D eigenvalue weighted by molar-refractivity contribution is 0.101. The molecule has 1 saturated carbocycles. The van der Waals surface area contributed by atoms with Gasteiger partial charge in [-0.3, -0.25) is 9.78 Å². The van der Waals surface area contributed by atoms with Crippen molar-refractivity contribution in [3.05, 3.63) is 29.0 Å². The number of aliphatic hydroxyl groups is 1. The fourth-order valence-corrected chi connectivity index (χ4v) is 3.30. The van der Waals surface area contributed by atoms with Crippen LogP contribution in [0.2, 0.25) is 5.15 Å². The van der Waals surface area contributed by atoms with Gasteiger partial charge < -0.3 is 10.4 Å². The van der Waals surface area contributed by atoms with E-state index in [-0.39, 0.29) is 18.4 Å². The first kappa shape index (κ1) is 16.1. The molecule has 0 unspecified atom stereocenters. The summed E-state index contributed by atoms with van der Waals surface area (Å²) in [6, 6.07) is 3.77. The van der Waals surface area contributed by atoms with Crippen LogP contribution in [0.1, 0.15) is 43.0 Å². The minimum absolute atomic E-state index is 0.0484. The molecule has 0 atom stereocenters. The van der Waals surface area contributed by atoms with Crippen molar-refractivity contribution in [2.24, 2.45) is 5.92 Å². The second-order valence-corrected chi connectivity index (χ2v) is 6.54. The highest BCUT2D eigenvalue weighted by Crippen LogP contribution is 2.31. The molecule has 0 spiro atoms. The summed E-state index contributed by atoms with van der Waals surface area (Å²) in [4.78, 5) is 20.6. The number of anilines is 1. The first-order valence-electron chi connectivity index (χ1n) is 7.92. The third-order valence-electron chi connectivity index (χ3n) is 4.51. The largest absolute Gasteiger partial charge is 0.396 e. The number of fused-ring (bicyclic) bond motifs is 1. The van der Waals surface area contributed by atoms with Crippen LogP contribution >= 0.6 is 11.6 Å². The Balaban J connectivity index is 1.95. The summed E-state index contributed by atoms with van der Waals surface area (Å²) in [6.07, 6.45) is 5.50. The second-order valence-electron chi connectivity index (χ2n) is 6.15. The maximum atomic E-state index is 12.0. The Bertz CT molecular complexity index is 727. The topological polar surface area (TPSA) is 75.1 Å². The normalized spacial score (nSPS) is 21.3. The molecule has 6 heteroatoms. The van der Waals surface area contributed by atoms with Gasteiger partial charge >= 0.3 is 0 Å². The predicted octanol–water partition coefficient (Wildman–Crippen LogP) is 3.45. The fraction of sp³-hybridized carbons (Fsp3) is 0.471. The number of carbonyl (C=O) groups excluding carboxylic acids is 1. The van der Waals surface area contributed by atoms with Gasteiger partial charge in [0, 0.05) is 18.8 Å². The number of halogens is 1. The molecule has 1 aliphatic rings. The number of aromatic nitrogens is 2. The van der Waals surface area contributed by atoms with E-state index in [0.29, 0.717) is 27.7 Å². The summed E-state index contributed by atoms with van der Waals surface area (Å²) in [7, 11) is 0. The van der Waals surface area contributed by atoms with E-state index in [2.05, 4.69) is 15.3 Å². The Hall–Kier alpha value is -1.72. The number of hydrogen-bond donors (Lipinski definition) is 2. The van der Waals surface area contributed by atoms with Gasteiger partial charge in [-0.05, 0) is 50.7 Å². The van der Waals surface area contributed by atoms with Gasteiger partial charge in [-0.15, -0.1) is 0 Å². The van der Waals surface area contributed by atoms with Crippen LogP contribution in [-0.4, -0.2) is 33.5 Å². The van der Waals surface area contributed by atoms with Crippen LogP contribution in [0.3, 0.4) is 0 Å². The molecule has 23 heavy (non-hydrogen) atoms. The lowest BCUT2D eigenvalue weighted by Crippen LogP contribution is -2.28. The van der Waals surface area contributed by atoms with E-state index >= 15 is 0 Å². The van der Waals surface area contributed by atoms with E-state index in [9.17, 15) is 9.90 Å². The van der Waals surface area contributed by atoms with Gasteiger partial charge in [0.1, 0.15) is 10.7 Å². The molecule has 0 radical (unpaired) electrons. The fourth-order valence-electron chi connectivity index (χ4n) is 3.15. The number of ketones is 1. The van der Waals surface area contributed by atoms with Crippen molar-refractivity contribution in [1.82, 2.24) is 9.97 Å². The molecule has 0 aliphatic heterocycles. The summed E-state index contributed by atoms with van der Waals surface area (Å²) < 4.78 is 0. The van der Waals surface area contributed by atoms with Crippen molar-refractivity contribution >= 4 is 34.1 Å². The average Bonchev–Trinajstić information content (AvgIpc) is 2.55. The summed E-state index contributed by atoms with van der Waals surface area (Å²) in [5, 5.41) is 13.1. The number of pyridine rings is 2. The van der Waals surface area contributed by atoms with Gasteiger partial charge in [0.25, 0.3) is 0 Å². The van der Waals surface area contributed by atoms with E-state index in [1.165, 1.54) is 6.92 Å². The maximum Gasteiger partial charge on any atom is 0.163 e. The zero-order valence-corrected chi connectivity index (χ0v) is 13.8. The molecule has 3 rings (SSSR count). The molecular weight excluding hydrogens is 314 g/mol. The maximum absolute atomic E-state index is 12.0. The summed E-state index contributed by atoms with van der Waals surface area (Å²) >= 11 is 6.02. The van der Waals surface area contributed by atoms with Gasteiger partial charge in [-0.1, -0.05) is 11.6 Å². The van der Waals surface area contributed by atoms with Crippen molar-refractivity contribution in [3.8, 4) is 0 Å². The standard InChI is InChI=1S/C17H20ClN3O2/c1-10(23)13-8-19-14-6-7-15(18)21-17(14)16(13)20-12-4-2-11(9-22)3-5-12/h6-8,11-12,22H,2-5,9H2,1H3,(H,19,20). The van der Waals surface area contributed by atoms with Crippen molar-refractivity contribution < 1.29 is 9.90 Å². The molecule has 5 nitrogen and oxygen atoms in total. The summed E-state index contributed by atoms with van der Waals surface area (Å²) in [5.41, 5.74) is 2.61. The number of hydrogen-bond acceptors (Lipinski definition) is 5. The molecule has 0 aromatic carbocycles. The Labute approximate surface area is 140 Å². The summed E-state index contributed by atoms with van der Waals surface area (Å²) in [6.45, 7) is 1.78. The van der Waals surface area contributed by atoms with Crippen molar-refractivity contribution in [1.29, 1.82) is 0 Å². The highest BCUT2D eigenvalue weighted by molar-refractivity contribution is 6.30. The smallest absolute Gasteiger partial charge is 0.163 e. The molecular formula is C17H20ClN3O2. The number of nitrogens with one attached hydrogen (secondary N) is 1. The van der Waals surface area contributed by atoms with Crippen LogP contribution in [0, 0.1) is 5.92 Å². The van der Waals surface area contributed by atoms with E-state index in [4.69, 9.17) is 11.6 Å². The van der Waals surface area contributed by atoms with Gasteiger partial charge in [-0.25, -0.2) is 4.98 Å². The monoisotopic (exact) mass is 333 g/mol. The quantitative estimate of drug-likeness (QED) is 0.662. The number of nitrogens with zero attached hydrogens (tertiary/aromatic N) is 2. The van der Waals surface area contributed by atoms with Crippen LogP contribution < -0.4 is 5.32 Å². The summed E-state index contributed by atoms with van der Waals surface area (Å²) in [5.74, 6) is 0.342. The van der Waals surface area contributed by atoms with Gasteiger partial charge in [-0.2, -0.15) is 0 Å². The number of carbonyl (C=O) groups is 1. The Morgan fingerprint density at radius 1 is 1.35 bits per heavy atom. The van der Waals surface area contributed by atoms with E-state index in [1.807, 2.05) is 6.07 Å². The molecule has 0 bridgehead atoms. The van der Waals surface area contributed by atoms with Crippen LogP contribution in [0.4, 0.5) is 5.69 Å². The molecule has 0 saturated heterocycles. The van der Waals surface area contributed by atoms with Crippen LogP contribution in [-0.2, 0) is 0 Å². The van der Waals surface area contributed by atoms with Gasteiger partial charge in [0.05, 0.1) is 16.8 Å². The van der Waals surface area contributed by atoms with Crippen molar-refractivity contribution in [2.75, 3.05) is 11.9 Å². The number of rotatable bonds is 4. The van der Waals surface area contributed by atoms with Crippen LogP contribution in [0.15, 0.2) is 18.3 Å². The molecule has 0 amide bonds. The average molecular weight is 334 g/mol. The SMILES string of the molecule is CC(=O)c1cnc2ccc(Cl)nc2c1NC1CCC(CO)CC1. The predicted molar refractivity (Wildman–Crippen MR) is 91.0 cm³/mol. The molecule has 122 valence electrons. The third-order valence-corrected chi connectivity index (χ3v) is 4.72. The van der Waals surface area contributed by atoms with E-state index in [0.717, 1.165) is 31.4 Å². The van der Waals surface area contributed by atoms with Crippen molar-refractivity contribution in [3.63, 3.8) is 0 Å². The lowest BCUT2D eigenvalue weighted by atomic mass is 9.86. The van der Waals surface area contributed by atoms with Crippen LogP contribution in [0.25, 0.3) is 11.0 Å². The van der Waals surface area contributed by atoms with Gasteiger partial charge in [0.15, 0.2) is 5.78 Å². The lowest BCUT2D eigenvalue weighted by Gasteiger charge is -2.29. The minimum atomic E-state index is -0.0484. The van der Waals surface area contributed by atoms with Crippen molar-refractivity contribution in [2.45, 2.75) is 38.6 Å². The first-order valence-corrected chi connectivity index (χ1v) is 8.30. The van der Waals surface area contributed by atoms with E-state index in [1.54, 1.807) is 12.3 Å². The van der Waals surface area contributed by atoms with Gasteiger partial charge in [0.2, 0.25) is 0 Å². The minimum Gasteiger partial charge on any atom is -0.396 e. The Kier molecular flexibility index (Phi) is 4.78. The third kappa shape index (κ3) is 3.46. The zero-order chi connectivity index (χ0) is 16.4. The molecule has 1 aliphatic carbocycles. The molecule has 1 fully saturated rings. The highest BCUT2D eigenvalue weighted by atomic mass is 35.5. The Morgan fingerprint density at radius 3 is 2.74 bits per heavy atom. The van der Waals surface area contributed by atoms with E-state index < -0.39 is 0 Å².